The molecule has 0 spiro atoms. The minimum atomic E-state index is -5.72. The van der Waals surface area contributed by atoms with Crippen molar-refractivity contribution in [3.8, 4) is 11.5 Å². The van der Waals surface area contributed by atoms with Crippen molar-refractivity contribution in [2.75, 3.05) is 13.2 Å². The Labute approximate surface area is 264 Å². The second-order valence-electron chi connectivity index (χ2n) is 12.1. The van der Waals surface area contributed by atoms with Crippen LogP contribution in [0.3, 0.4) is 0 Å². The number of nitrogens with one attached hydrogen (secondary N) is 1. The van der Waals surface area contributed by atoms with Crippen LogP contribution in [0.25, 0.3) is 0 Å². The number of carbonyl (C=O) groups excluding carboxylic acids is 2. The summed E-state index contributed by atoms with van der Waals surface area (Å²) in [7, 11) is 0. The molecule has 0 aromatic heterocycles. The highest BCUT2D eigenvalue weighted by Gasteiger charge is 2.76. The maximum atomic E-state index is 14.1. The number of nitrogens with zero attached hydrogens (tertiary/aromatic N) is 1. The van der Waals surface area contributed by atoms with E-state index in [1.54, 1.807) is 45.0 Å². The molecule has 1 unspecified atom stereocenters. The Morgan fingerprint density at radius 1 is 0.978 bits per heavy atom. The number of benzene rings is 2. The number of fused-ring (bicyclic) bond motifs is 1. The van der Waals surface area contributed by atoms with Crippen molar-refractivity contribution in [1.82, 2.24) is 10.2 Å². The average molecular weight is 659 g/mol. The van der Waals surface area contributed by atoms with Crippen molar-refractivity contribution >= 4 is 11.9 Å². The molecule has 7 nitrogen and oxygen atoms in total. The highest BCUT2D eigenvalue weighted by Crippen LogP contribution is 2.58. The van der Waals surface area contributed by atoms with Crippen LogP contribution in [0.2, 0.25) is 0 Å². The Hall–Kier alpha value is -3.48. The zero-order valence-corrected chi connectivity index (χ0v) is 26.6. The molecule has 1 saturated heterocycles. The van der Waals surface area contributed by atoms with Crippen LogP contribution in [0.4, 0.5) is 31.1 Å². The van der Waals surface area contributed by atoms with Crippen LogP contribution in [-0.4, -0.2) is 48.4 Å². The van der Waals surface area contributed by atoms with E-state index in [4.69, 9.17) is 9.47 Å². The van der Waals surface area contributed by atoms with Crippen molar-refractivity contribution in [2.24, 2.45) is 0 Å². The lowest BCUT2D eigenvalue weighted by Crippen LogP contribution is -2.53. The standard InChI is InChI=1S/C33H40F6N2O5/c1-6-10-21-18-26-25(19-45-31(26,32(34,35)36)33(37,38)39)24(11-7-2)27(21)44-17-9-8-16-41-28(42)30(5,40-29(41)43)22-12-14-23(15-13-22)46-20(3)4/h12-15,18,20H,6-11,16-17,19H2,1-5H3,(H,40,43). The number of halogens is 6. The summed E-state index contributed by atoms with van der Waals surface area (Å²) in [6, 6.07) is 7.32. The molecule has 1 atom stereocenters. The summed E-state index contributed by atoms with van der Waals surface area (Å²) < 4.78 is 101. The molecule has 46 heavy (non-hydrogen) atoms. The van der Waals surface area contributed by atoms with Crippen LogP contribution in [0, 0.1) is 0 Å². The molecule has 0 radical (unpaired) electrons. The third-order valence-corrected chi connectivity index (χ3v) is 8.30. The summed E-state index contributed by atoms with van der Waals surface area (Å²) in [5.74, 6) is 0.498. The molecule has 2 aliphatic heterocycles. The smallest absolute Gasteiger partial charge is 0.430 e. The van der Waals surface area contributed by atoms with Crippen LogP contribution in [0.1, 0.15) is 88.1 Å². The Bertz CT molecular complexity index is 1410. The minimum absolute atomic E-state index is 0.0230. The third kappa shape index (κ3) is 6.39. The topological polar surface area (TPSA) is 77.1 Å². The van der Waals surface area contributed by atoms with E-state index in [0.717, 1.165) is 11.0 Å². The summed E-state index contributed by atoms with van der Waals surface area (Å²) in [5, 5.41) is 2.76. The number of imide groups is 1. The first-order valence-electron chi connectivity index (χ1n) is 15.5. The van der Waals surface area contributed by atoms with Gasteiger partial charge in [0.15, 0.2) is 0 Å². The lowest BCUT2D eigenvalue weighted by atomic mass is 9.84. The Morgan fingerprint density at radius 3 is 2.17 bits per heavy atom. The molecule has 1 N–H and O–H groups in total. The molecule has 2 aromatic carbocycles. The van der Waals surface area contributed by atoms with E-state index in [2.05, 4.69) is 10.1 Å². The average Bonchev–Trinajstić information content (AvgIpc) is 3.46. The van der Waals surface area contributed by atoms with E-state index in [9.17, 15) is 35.9 Å². The number of hydrogen-bond acceptors (Lipinski definition) is 5. The van der Waals surface area contributed by atoms with Gasteiger partial charge in [0.25, 0.3) is 11.5 Å². The first-order chi connectivity index (χ1) is 21.5. The molecule has 0 saturated carbocycles. The number of urea groups is 1. The zero-order chi connectivity index (χ0) is 34.1. The highest BCUT2D eigenvalue weighted by atomic mass is 19.4. The van der Waals surface area contributed by atoms with Crippen molar-refractivity contribution in [2.45, 2.75) is 109 Å². The van der Waals surface area contributed by atoms with E-state index in [1.807, 2.05) is 13.8 Å². The molecule has 2 aromatic rings. The molecular weight excluding hydrogens is 618 g/mol. The molecule has 13 heteroatoms. The van der Waals surface area contributed by atoms with Crippen LogP contribution < -0.4 is 14.8 Å². The van der Waals surface area contributed by atoms with Gasteiger partial charge in [-0.05, 0) is 81.3 Å². The fraction of sp³-hybridized carbons (Fsp3) is 0.576. The number of hydrogen-bond donors (Lipinski definition) is 1. The number of alkyl halides is 6. The number of carbonyl (C=O) groups is 2. The van der Waals surface area contributed by atoms with Gasteiger partial charge in [-0.2, -0.15) is 26.3 Å². The molecule has 254 valence electrons. The predicted molar refractivity (Wildman–Crippen MR) is 158 cm³/mol. The summed E-state index contributed by atoms with van der Waals surface area (Å²) in [4.78, 5) is 27.2. The van der Waals surface area contributed by atoms with Crippen LogP contribution in [-0.2, 0) is 40.1 Å². The second-order valence-corrected chi connectivity index (χ2v) is 12.1. The first kappa shape index (κ1) is 35.4. The van der Waals surface area contributed by atoms with Gasteiger partial charge in [0.1, 0.15) is 17.0 Å². The molecule has 2 aliphatic rings. The zero-order valence-electron chi connectivity index (χ0n) is 26.6. The van der Waals surface area contributed by atoms with Gasteiger partial charge < -0.3 is 19.5 Å². The number of amides is 3. The predicted octanol–water partition coefficient (Wildman–Crippen LogP) is 7.86. The van der Waals surface area contributed by atoms with Gasteiger partial charge in [-0.1, -0.05) is 38.8 Å². The van der Waals surface area contributed by atoms with E-state index < -0.39 is 47.6 Å². The summed E-state index contributed by atoms with van der Waals surface area (Å²) in [6.07, 6.45) is -9.39. The summed E-state index contributed by atoms with van der Waals surface area (Å²) in [6.45, 7) is 8.30. The largest absolute Gasteiger partial charge is 0.493 e. The van der Waals surface area contributed by atoms with Gasteiger partial charge in [0.2, 0.25) is 0 Å². The number of aryl methyl sites for hydroxylation is 1. The van der Waals surface area contributed by atoms with Gasteiger partial charge >= 0.3 is 18.4 Å². The SMILES string of the molecule is CCCc1cc2c(c(CCC)c1OCCCCN1C(=O)NC(C)(c3ccc(OC(C)C)cc3)C1=O)COC2(C(F)(F)F)C(F)(F)F. The minimum Gasteiger partial charge on any atom is -0.493 e. The summed E-state index contributed by atoms with van der Waals surface area (Å²) in [5.41, 5.74) is -5.59. The Morgan fingerprint density at radius 2 is 1.61 bits per heavy atom. The molecule has 2 heterocycles. The quantitative estimate of drug-likeness (QED) is 0.135. The maximum absolute atomic E-state index is 14.1. The van der Waals surface area contributed by atoms with Crippen molar-refractivity contribution in [3.05, 3.63) is 58.1 Å². The van der Waals surface area contributed by atoms with Crippen LogP contribution in [0.15, 0.2) is 30.3 Å². The lowest BCUT2D eigenvalue weighted by Gasteiger charge is -2.34. The van der Waals surface area contributed by atoms with E-state index in [1.165, 1.54) is 0 Å². The lowest BCUT2D eigenvalue weighted by molar-refractivity contribution is -0.385. The summed E-state index contributed by atoms with van der Waals surface area (Å²) >= 11 is 0. The maximum Gasteiger partial charge on any atom is 0.430 e. The Kier molecular flexibility index (Phi) is 10.2. The molecule has 1 fully saturated rings. The van der Waals surface area contributed by atoms with E-state index in [-0.39, 0.29) is 54.5 Å². The fourth-order valence-electron chi connectivity index (χ4n) is 6.12. The van der Waals surface area contributed by atoms with Crippen molar-refractivity contribution in [3.63, 3.8) is 0 Å². The third-order valence-electron chi connectivity index (χ3n) is 8.30. The van der Waals surface area contributed by atoms with Crippen molar-refractivity contribution in [1.29, 1.82) is 0 Å². The number of ether oxygens (including phenoxy) is 3. The van der Waals surface area contributed by atoms with Crippen molar-refractivity contribution < 1.29 is 50.1 Å². The van der Waals surface area contributed by atoms with Crippen LogP contribution >= 0.6 is 0 Å². The monoisotopic (exact) mass is 658 g/mol. The van der Waals surface area contributed by atoms with E-state index in [0.29, 0.717) is 37.0 Å². The van der Waals surface area contributed by atoms with Gasteiger partial charge in [-0.25, -0.2) is 4.79 Å². The molecule has 4 rings (SSSR count). The number of rotatable bonds is 13. The normalized spacial score (nSPS) is 19.5. The van der Waals surface area contributed by atoms with Gasteiger partial charge in [-0.3, -0.25) is 9.69 Å². The molecule has 0 bridgehead atoms. The Balaban J connectivity index is 1.48. The first-order valence-corrected chi connectivity index (χ1v) is 15.5. The second kappa shape index (κ2) is 13.3. The van der Waals surface area contributed by atoms with E-state index >= 15 is 0 Å². The fourth-order valence-corrected chi connectivity index (χ4v) is 6.12. The molecular formula is C33H40F6N2O5. The van der Waals surface area contributed by atoms with Gasteiger partial charge in [0.05, 0.1) is 19.3 Å². The van der Waals surface area contributed by atoms with Gasteiger partial charge in [0, 0.05) is 17.7 Å². The number of unbranched alkanes of at least 4 members (excludes halogenated alkanes) is 1. The van der Waals surface area contributed by atoms with Crippen LogP contribution in [0.5, 0.6) is 11.5 Å². The van der Waals surface area contributed by atoms with Gasteiger partial charge in [-0.15, -0.1) is 0 Å². The highest BCUT2D eigenvalue weighted by molar-refractivity contribution is 6.07. The molecule has 3 amide bonds. The molecule has 0 aliphatic carbocycles.